The van der Waals surface area contributed by atoms with Crippen molar-refractivity contribution in [3.63, 3.8) is 0 Å². The number of hydrogen-bond donors (Lipinski definition) is 0. The summed E-state index contributed by atoms with van der Waals surface area (Å²) in [6, 6.07) is 0. The van der Waals surface area contributed by atoms with E-state index >= 15 is 0 Å². The second-order valence-electron chi connectivity index (χ2n) is 1.46. The lowest BCUT2D eigenvalue weighted by molar-refractivity contribution is -0.116. The van der Waals surface area contributed by atoms with Gasteiger partial charge in [0, 0.05) is 0 Å². The van der Waals surface area contributed by atoms with Gasteiger partial charge in [-0.3, -0.25) is 0 Å². The lowest BCUT2D eigenvalue weighted by Crippen LogP contribution is -2.08. The number of carbonyl (C=O) groups is 1. The molecule has 0 aromatic carbocycles. The second-order valence-corrected chi connectivity index (χ2v) is 1.46. The summed E-state index contributed by atoms with van der Waals surface area (Å²) in [5.41, 5.74) is 0. The van der Waals surface area contributed by atoms with Crippen LogP contribution in [0.4, 0.5) is 0 Å². The largest absolute Gasteiger partial charge is 0.367 e. The third-order valence-electron chi connectivity index (χ3n) is 0.669. The van der Waals surface area contributed by atoms with E-state index in [0.717, 1.165) is 6.29 Å². The van der Waals surface area contributed by atoms with E-state index in [1.165, 1.54) is 0 Å². The molecule has 0 radical (unpaired) electrons. The normalized spacial score (nSPS) is 12.6. The Morgan fingerprint density at radius 1 is 1.88 bits per heavy atom. The van der Waals surface area contributed by atoms with E-state index < -0.39 is 0 Å². The summed E-state index contributed by atoms with van der Waals surface area (Å²) in [5.74, 6) is 0. The molecule has 0 N–H and O–H groups in total. The highest BCUT2D eigenvalue weighted by Gasteiger charge is 1.93. The maximum absolute atomic E-state index is 9.85. The SMILES string of the molecule is C=CCO[C@@H](C)C=O. The monoisotopic (exact) mass is 114 g/mol. The van der Waals surface area contributed by atoms with Crippen molar-refractivity contribution in [2.45, 2.75) is 13.0 Å². The molecule has 0 unspecified atom stereocenters. The fraction of sp³-hybridized carbons (Fsp3) is 0.500. The number of carbonyl (C=O) groups excluding carboxylic acids is 1. The Hall–Kier alpha value is -0.630. The van der Waals surface area contributed by atoms with Crippen LogP contribution in [-0.2, 0) is 9.53 Å². The number of ether oxygens (including phenoxy) is 1. The smallest absolute Gasteiger partial charge is 0.148 e. The maximum Gasteiger partial charge on any atom is 0.148 e. The standard InChI is InChI=1S/C6H10O2/c1-3-4-8-6(2)5-7/h3,5-6H,1,4H2,2H3/t6-/m0/s1. The molecule has 0 amide bonds. The van der Waals surface area contributed by atoms with Crippen LogP contribution in [0.1, 0.15) is 6.92 Å². The van der Waals surface area contributed by atoms with Crippen LogP contribution in [0.15, 0.2) is 12.7 Å². The third-order valence-corrected chi connectivity index (χ3v) is 0.669. The van der Waals surface area contributed by atoms with Crippen LogP contribution in [-0.4, -0.2) is 19.0 Å². The maximum atomic E-state index is 9.85. The Labute approximate surface area is 49.1 Å². The van der Waals surface area contributed by atoms with Gasteiger partial charge in [-0.15, -0.1) is 6.58 Å². The van der Waals surface area contributed by atoms with Crippen molar-refractivity contribution in [2.75, 3.05) is 6.61 Å². The molecule has 0 bridgehead atoms. The third kappa shape index (κ3) is 3.56. The molecular formula is C6H10O2. The van der Waals surface area contributed by atoms with Crippen LogP contribution in [0.25, 0.3) is 0 Å². The summed E-state index contributed by atoms with van der Waals surface area (Å²) in [5, 5.41) is 0. The van der Waals surface area contributed by atoms with Crippen molar-refractivity contribution in [1.82, 2.24) is 0 Å². The second kappa shape index (κ2) is 4.53. The fourth-order valence-corrected chi connectivity index (χ4v) is 0.259. The summed E-state index contributed by atoms with van der Waals surface area (Å²) >= 11 is 0. The molecule has 46 valence electrons. The predicted molar refractivity (Wildman–Crippen MR) is 31.7 cm³/mol. The molecular weight excluding hydrogens is 104 g/mol. The van der Waals surface area contributed by atoms with E-state index in [4.69, 9.17) is 4.74 Å². The van der Waals surface area contributed by atoms with E-state index in [9.17, 15) is 4.79 Å². The number of aldehydes is 1. The van der Waals surface area contributed by atoms with Crippen LogP contribution in [0.2, 0.25) is 0 Å². The molecule has 0 saturated carbocycles. The molecule has 0 aliphatic heterocycles. The fourth-order valence-electron chi connectivity index (χ4n) is 0.259. The van der Waals surface area contributed by atoms with Gasteiger partial charge in [-0.1, -0.05) is 6.08 Å². The summed E-state index contributed by atoms with van der Waals surface area (Å²) in [6.07, 6.45) is 2.07. The van der Waals surface area contributed by atoms with E-state index in [-0.39, 0.29) is 6.10 Å². The van der Waals surface area contributed by atoms with Crippen LogP contribution in [0, 0.1) is 0 Å². The molecule has 2 heteroatoms. The van der Waals surface area contributed by atoms with Crippen LogP contribution in [0.3, 0.4) is 0 Å². The zero-order valence-electron chi connectivity index (χ0n) is 4.96. The van der Waals surface area contributed by atoms with E-state index in [2.05, 4.69) is 6.58 Å². The average molecular weight is 114 g/mol. The van der Waals surface area contributed by atoms with E-state index in [1.807, 2.05) is 0 Å². The summed E-state index contributed by atoms with van der Waals surface area (Å²) in [6.45, 7) is 5.56. The van der Waals surface area contributed by atoms with Gasteiger partial charge in [-0.05, 0) is 6.92 Å². The topological polar surface area (TPSA) is 26.3 Å². The Bertz CT molecular complexity index is 78.6. The van der Waals surface area contributed by atoms with E-state index in [1.54, 1.807) is 13.0 Å². The lowest BCUT2D eigenvalue weighted by atomic mass is 10.5. The first-order valence-corrected chi connectivity index (χ1v) is 2.49. The quantitative estimate of drug-likeness (QED) is 0.398. The van der Waals surface area contributed by atoms with Crippen molar-refractivity contribution >= 4 is 6.29 Å². The first-order chi connectivity index (χ1) is 3.81. The van der Waals surface area contributed by atoms with Gasteiger partial charge in [0.15, 0.2) is 0 Å². The minimum Gasteiger partial charge on any atom is -0.367 e. The first-order valence-electron chi connectivity index (χ1n) is 2.49. The molecule has 0 aliphatic carbocycles. The molecule has 0 aliphatic rings. The molecule has 0 heterocycles. The van der Waals surface area contributed by atoms with Crippen molar-refractivity contribution in [3.05, 3.63) is 12.7 Å². The van der Waals surface area contributed by atoms with Gasteiger partial charge in [0.05, 0.1) is 6.61 Å². The summed E-state index contributed by atoms with van der Waals surface area (Å²) in [7, 11) is 0. The van der Waals surface area contributed by atoms with Gasteiger partial charge in [0.25, 0.3) is 0 Å². The molecule has 2 nitrogen and oxygen atoms in total. The minimum absolute atomic E-state index is 0.298. The molecule has 0 saturated heterocycles. The van der Waals surface area contributed by atoms with Crippen LogP contribution in [0.5, 0.6) is 0 Å². The van der Waals surface area contributed by atoms with Crippen molar-refractivity contribution < 1.29 is 9.53 Å². The van der Waals surface area contributed by atoms with Crippen LogP contribution < -0.4 is 0 Å². The summed E-state index contributed by atoms with van der Waals surface area (Å²) in [4.78, 5) is 9.85. The molecule has 0 spiro atoms. The number of hydrogen-bond acceptors (Lipinski definition) is 2. The molecule has 0 fully saturated rings. The number of rotatable bonds is 4. The van der Waals surface area contributed by atoms with Gasteiger partial charge in [-0.2, -0.15) is 0 Å². The van der Waals surface area contributed by atoms with Crippen LogP contribution >= 0.6 is 0 Å². The Kier molecular flexibility index (Phi) is 4.17. The minimum atomic E-state index is -0.298. The Balaban J connectivity index is 3.09. The first kappa shape index (κ1) is 7.37. The Morgan fingerprint density at radius 2 is 2.50 bits per heavy atom. The van der Waals surface area contributed by atoms with Gasteiger partial charge in [0.2, 0.25) is 0 Å². The Morgan fingerprint density at radius 3 is 2.88 bits per heavy atom. The van der Waals surface area contributed by atoms with E-state index in [0.29, 0.717) is 6.61 Å². The highest BCUT2D eigenvalue weighted by molar-refractivity contribution is 5.55. The highest BCUT2D eigenvalue weighted by atomic mass is 16.5. The highest BCUT2D eigenvalue weighted by Crippen LogP contribution is 1.83. The molecule has 0 aromatic heterocycles. The van der Waals surface area contributed by atoms with Crippen molar-refractivity contribution in [2.24, 2.45) is 0 Å². The molecule has 0 rings (SSSR count). The van der Waals surface area contributed by atoms with Crippen molar-refractivity contribution in [1.29, 1.82) is 0 Å². The summed E-state index contributed by atoms with van der Waals surface area (Å²) < 4.78 is 4.85. The zero-order chi connectivity index (χ0) is 6.41. The lowest BCUT2D eigenvalue weighted by Gasteiger charge is -2.00. The molecule has 0 aromatic rings. The van der Waals surface area contributed by atoms with Gasteiger partial charge >= 0.3 is 0 Å². The molecule has 1 atom stereocenters. The van der Waals surface area contributed by atoms with Gasteiger partial charge < -0.3 is 9.53 Å². The van der Waals surface area contributed by atoms with Gasteiger partial charge in [-0.25, -0.2) is 0 Å². The molecule has 8 heavy (non-hydrogen) atoms. The zero-order valence-corrected chi connectivity index (χ0v) is 4.96. The predicted octanol–water partition coefficient (Wildman–Crippen LogP) is 0.776. The van der Waals surface area contributed by atoms with Crippen molar-refractivity contribution in [3.8, 4) is 0 Å². The average Bonchev–Trinajstić information content (AvgIpc) is 1.83. The van der Waals surface area contributed by atoms with Gasteiger partial charge in [0.1, 0.15) is 12.4 Å².